The third-order valence-corrected chi connectivity index (χ3v) is 4.31. The normalized spacial score (nSPS) is 20.0. The third-order valence-electron chi connectivity index (χ3n) is 4.31. The smallest absolute Gasteiger partial charge is 0.274 e. The van der Waals surface area contributed by atoms with Crippen molar-refractivity contribution in [2.45, 2.75) is 20.0 Å². The Morgan fingerprint density at radius 3 is 2.75 bits per heavy atom. The molecule has 20 heavy (non-hydrogen) atoms. The van der Waals surface area contributed by atoms with Gasteiger partial charge in [0.1, 0.15) is 0 Å². The van der Waals surface area contributed by atoms with Crippen LogP contribution in [0.15, 0.2) is 0 Å². The summed E-state index contributed by atoms with van der Waals surface area (Å²) < 4.78 is 7.33. The number of carbonyl (C=O) groups excluding carboxylic acids is 1. The van der Waals surface area contributed by atoms with Gasteiger partial charge in [-0.05, 0) is 6.54 Å². The molecule has 0 bridgehead atoms. The van der Waals surface area contributed by atoms with Crippen molar-refractivity contribution >= 4 is 5.91 Å². The number of carbonyl (C=O) groups is 1. The minimum absolute atomic E-state index is 0.0584. The van der Waals surface area contributed by atoms with Gasteiger partial charge in [-0.3, -0.25) is 9.48 Å². The van der Waals surface area contributed by atoms with Gasteiger partial charge < -0.3 is 14.5 Å². The predicted molar refractivity (Wildman–Crippen MR) is 74.6 cm³/mol. The van der Waals surface area contributed by atoms with Crippen LogP contribution in [-0.4, -0.2) is 64.8 Å². The molecule has 2 aliphatic rings. The summed E-state index contributed by atoms with van der Waals surface area (Å²) in [5.74, 6) is 0.0584. The van der Waals surface area contributed by atoms with E-state index in [2.05, 4.69) is 16.9 Å². The lowest BCUT2D eigenvalue weighted by Crippen LogP contribution is -2.48. The molecule has 1 aromatic rings. The molecule has 1 fully saturated rings. The van der Waals surface area contributed by atoms with Gasteiger partial charge in [0.25, 0.3) is 5.91 Å². The number of aryl methyl sites for hydroxylation is 1. The molecule has 0 aromatic carbocycles. The number of fused-ring (bicyclic) bond motifs is 1. The zero-order valence-electron chi connectivity index (χ0n) is 12.3. The number of hydrogen-bond acceptors (Lipinski definition) is 4. The van der Waals surface area contributed by atoms with E-state index < -0.39 is 0 Å². The molecule has 0 saturated carbocycles. The molecular formula is C14H22N4O2. The maximum atomic E-state index is 12.7. The van der Waals surface area contributed by atoms with Crippen molar-refractivity contribution in [1.82, 2.24) is 19.6 Å². The van der Waals surface area contributed by atoms with Crippen molar-refractivity contribution in [3.05, 3.63) is 17.0 Å². The van der Waals surface area contributed by atoms with E-state index in [0.717, 1.165) is 57.0 Å². The van der Waals surface area contributed by atoms with Gasteiger partial charge in [0.2, 0.25) is 0 Å². The van der Waals surface area contributed by atoms with Crippen LogP contribution in [0.2, 0.25) is 0 Å². The van der Waals surface area contributed by atoms with Gasteiger partial charge in [-0.1, -0.05) is 6.92 Å². The zero-order chi connectivity index (χ0) is 14.1. The minimum atomic E-state index is 0.0584. The van der Waals surface area contributed by atoms with Crippen LogP contribution in [0.25, 0.3) is 0 Å². The highest BCUT2D eigenvalue weighted by atomic mass is 16.5. The van der Waals surface area contributed by atoms with Crippen molar-refractivity contribution in [3.63, 3.8) is 0 Å². The van der Waals surface area contributed by atoms with Crippen molar-refractivity contribution in [2.75, 3.05) is 39.3 Å². The van der Waals surface area contributed by atoms with Crippen molar-refractivity contribution in [1.29, 1.82) is 0 Å². The Morgan fingerprint density at radius 2 is 2.05 bits per heavy atom. The van der Waals surface area contributed by atoms with E-state index in [4.69, 9.17) is 4.74 Å². The summed E-state index contributed by atoms with van der Waals surface area (Å²) >= 11 is 0. The second-order valence-electron chi connectivity index (χ2n) is 5.43. The highest BCUT2D eigenvalue weighted by Gasteiger charge is 2.29. The number of likely N-dealkylation sites (N-methyl/N-ethyl adjacent to an activating group) is 1. The number of nitrogens with zero attached hydrogens (tertiary/aromatic N) is 4. The maximum absolute atomic E-state index is 12.7. The predicted octanol–water partition coefficient (Wildman–Crippen LogP) is 0.271. The molecule has 0 spiro atoms. The Hall–Kier alpha value is -1.40. The fourth-order valence-corrected chi connectivity index (χ4v) is 3.00. The lowest BCUT2D eigenvalue weighted by atomic mass is 10.1. The fourth-order valence-electron chi connectivity index (χ4n) is 3.00. The summed E-state index contributed by atoms with van der Waals surface area (Å²) in [7, 11) is 1.91. The summed E-state index contributed by atoms with van der Waals surface area (Å²) in [6, 6.07) is 0. The van der Waals surface area contributed by atoms with E-state index in [9.17, 15) is 4.79 Å². The molecule has 0 aliphatic carbocycles. The lowest BCUT2D eigenvalue weighted by molar-refractivity contribution is 0.0627. The highest BCUT2D eigenvalue weighted by molar-refractivity contribution is 5.94. The van der Waals surface area contributed by atoms with E-state index >= 15 is 0 Å². The standard InChI is InChI=1S/C14H22N4O2/c1-3-17-5-7-18(8-6-17)14(19)13-11-10-20-9-4-12(11)16(2)15-13/h3-10H2,1-2H3. The molecular weight excluding hydrogens is 256 g/mol. The van der Waals surface area contributed by atoms with Crippen LogP contribution in [0.4, 0.5) is 0 Å². The van der Waals surface area contributed by atoms with Gasteiger partial charge in [0.05, 0.1) is 13.2 Å². The summed E-state index contributed by atoms with van der Waals surface area (Å²) in [6.07, 6.45) is 0.843. The van der Waals surface area contributed by atoms with Crippen LogP contribution in [0.5, 0.6) is 0 Å². The number of hydrogen-bond donors (Lipinski definition) is 0. The molecule has 1 aromatic heterocycles. The van der Waals surface area contributed by atoms with E-state index in [1.165, 1.54) is 0 Å². The van der Waals surface area contributed by atoms with Gasteiger partial charge in [-0.15, -0.1) is 0 Å². The number of rotatable bonds is 2. The van der Waals surface area contributed by atoms with Crippen LogP contribution < -0.4 is 0 Å². The Labute approximate surface area is 119 Å². The minimum Gasteiger partial charge on any atom is -0.376 e. The molecule has 2 aliphatic heterocycles. The topological polar surface area (TPSA) is 50.6 Å². The molecule has 3 rings (SSSR count). The molecule has 0 N–H and O–H groups in total. The van der Waals surface area contributed by atoms with Crippen LogP contribution in [0, 0.1) is 0 Å². The Kier molecular flexibility index (Phi) is 3.76. The van der Waals surface area contributed by atoms with Gasteiger partial charge in [0.15, 0.2) is 5.69 Å². The van der Waals surface area contributed by atoms with E-state index in [1.807, 2.05) is 16.6 Å². The highest BCUT2D eigenvalue weighted by Crippen LogP contribution is 2.21. The van der Waals surface area contributed by atoms with Crippen molar-refractivity contribution in [2.24, 2.45) is 7.05 Å². The SMILES string of the molecule is CCN1CCN(C(=O)c2nn(C)c3c2COCC3)CC1. The number of aromatic nitrogens is 2. The summed E-state index contributed by atoms with van der Waals surface area (Å²) in [6.45, 7) is 7.92. The Balaban J connectivity index is 1.78. The first kappa shape index (κ1) is 13.6. The molecule has 0 atom stereocenters. The number of ether oxygens (including phenoxy) is 1. The first-order valence-corrected chi connectivity index (χ1v) is 7.34. The second-order valence-corrected chi connectivity index (χ2v) is 5.43. The largest absolute Gasteiger partial charge is 0.376 e. The van der Waals surface area contributed by atoms with Crippen LogP contribution in [-0.2, 0) is 24.8 Å². The summed E-state index contributed by atoms with van der Waals surface area (Å²) in [5, 5.41) is 4.44. The first-order chi connectivity index (χ1) is 9.70. The molecule has 3 heterocycles. The Morgan fingerprint density at radius 1 is 1.30 bits per heavy atom. The van der Waals surface area contributed by atoms with Gasteiger partial charge in [-0.25, -0.2) is 0 Å². The van der Waals surface area contributed by atoms with Gasteiger partial charge in [-0.2, -0.15) is 5.10 Å². The Bertz CT molecular complexity index is 504. The molecule has 0 unspecified atom stereocenters. The monoisotopic (exact) mass is 278 g/mol. The maximum Gasteiger partial charge on any atom is 0.274 e. The average Bonchev–Trinajstić information content (AvgIpc) is 2.84. The van der Waals surface area contributed by atoms with Crippen LogP contribution in [0.3, 0.4) is 0 Å². The van der Waals surface area contributed by atoms with Crippen LogP contribution in [0.1, 0.15) is 28.7 Å². The van der Waals surface area contributed by atoms with E-state index in [0.29, 0.717) is 12.3 Å². The zero-order valence-corrected chi connectivity index (χ0v) is 12.3. The van der Waals surface area contributed by atoms with Crippen LogP contribution >= 0.6 is 0 Å². The average molecular weight is 278 g/mol. The number of amides is 1. The molecule has 110 valence electrons. The summed E-state index contributed by atoms with van der Waals surface area (Å²) in [5.41, 5.74) is 2.72. The molecule has 6 heteroatoms. The third kappa shape index (κ3) is 2.33. The quantitative estimate of drug-likeness (QED) is 0.779. The fraction of sp³-hybridized carbons (Fsp3) is 0.714. The number of piperazine rings is 1. The molecule has 1 amide bonds. The second kappa shape index (κ2) is 5.54. The lowest BCUT2D eigenvalue weighted by Gasteiger charge is -2.33. The van der Waals surface area contributed by atoms with E-state index in [1.54, 1.807) is 0 Å². The first-order valence-electron chi connectivity index (χ1n) is 7.34. The molecule has 6 nitrogen and oxygen atoms in total. The van der Waals surface area contributed by atoms with Crippen molar-refractivity contribution in [3.8, 4) is 0 Å². The van der Waals surface area contributed by atoms with E-state index in [-0.39, 0.29) is 5.91 Å². The molecule has 0 radical (unpaired) electrons. The van der Waals surface area contributed by atoms with Crippen molar-refractivity contribution < 1.29 is 9.53 Å². The summed E-state index contributed by atoms with van der Waals surface area (Å²) in [4.78, 5) is 16.9. The molecule has 1 saturated heterocycles. The van der Waals surface area contributed by atoms with Gasteiger partial charge >= 0.3 is 0 Å². The van der Waals surface area contributed by atoms with Gasteiger partial charge in [0, 0.05) is 50.9 Å².